The molecule has 0 radical (unpaired) electrons. The van der Waals surface area contributed by atoms with E-state index in [4.69, 9.17) is 12.2 Å². The van der Waals surface area contributed by atoms with Crippen LogP contribution in [0.15, 0.2) is 24.3 Å². The van der Waals surface area contributed by atoms with E-state index < -0.39 is 0 Å². The van der Waals surface area contributed by atoms with Gasteiger partial charge in [-0.2, -0.15) is 0 Å². The summed E-state index contributed by atoms with van der Waals surface area (Å²) in [6, 6.07) is 6.77. The molecule has 0 saturated heterocycles. The van der Waals surface area contributed by atoms with Gasteiger partial charge >= 0.3 is 0 Å². The molecule has 0 saturated carbocycles. The van der Waals surface area contributed by atoms with Gasteiger partial charge in [0.2, 0.25) is 5.13 Å². The van der Waals surface area contributed by atoms with Crippen molar-refractivity contribution >= 4 is 51.8 Å². The fourth-order valence-electron chi connectivity index (χ4n) is 2.80. The van der Waals surface area contributed by atoms with E-state index in [2.05, 4.69) is 10.2 Å². The lowest BCUT2D eigenvalue weighted by molar-refractivity contribution is 0.0926. The fourth-order valence-corrected chi connectivity index (χ4v) is 5.34. The number of nitrogens with zero attached hydrogens (tertiary/aromatic N) is 4. The summed E-state index contributed by atoms with van der Waals surface area (Å²) < 4.78 is 2.80. The number of benzene rings is 1. The Kier molecular flexibility index (Phi) is 3.86. The highest BCUT2D eigenvalue weighted by Crippen LogP contribution is 2.37. The van der Waals surface area contributed by atoms with Gasteiger partial charge in [-0.25, -0.2) is 4.90 Å². The van der Waals surface area contributed by atoms with Crippen molar-refractivity contribution in [2.45, 2.75) is 20.4 Å². The van der Waals surface area contributed by atoms with Crippen molar-refractivity contribution in [1.29, 1.82) is 0 Å². The molecule has 9 heteroatoms. The van der Waals surface area contributed by atoms with Gasteiger partial charge in [-0.15, -0.1) is 21.5 Å². The number of hydrogen-bond acceptors (Lipinski definition) is 7. The number of fused-ring (bicyclic) bond motifs is 1. The van der Waals surface area contributed by atoms with Crippen LogP contribution in [0.1, 0.15) is 33.3 Å². The van der Waals surface area contributed by atoms with Crippen molar-refractivity contribution in [3.05, 3.63) is 45.0 Å². The smallest absolute Gasteiger partial charge is 0.268 e. The third kappa shape index (κ3) is 2.38. The van der Waals surface area contributed by atoms with E-state index in [1.54, 1.807) is 24.3 Å². The van der Waals surface area contributed by atoms with E-state index in [0.717, 1.165) is 26.0 Å². The standard InChI is InChI=1S/C16H12N4O2S3/c1-3-19-8(2)11(24-16(19)23)12-17-18-15(25-12)20-13(21)9-6-4-5-7-10(9)14(20)22/h4-7H,3H2,1-2H3. The fraction of sp³-hybridized carbons (Fsp3) is 0.188. The molecule has 0 atom stereocenters. The normalized spacial score (nSPS) is 13.6. The highest BCUT2D eigenvalue weighted by Gasteiger charge is 2.38. The van der Waals surface area contributed by atoms with Crippen LogP contribution in [0, 0.1) is 10.9 Å². The lowest BCUT2D eigenvalue weighted by atomic mass is 10.1. The van der Waals surface area contributed by atoms with Gasteiger partial charge in [0.25, 0.3) is 11.8 Å². The molecule has 6 nitrogen and oxygen atoms in total. The minimum absolute atomic E-state index is 0.281. The molecule has 4 rings (SSSR count). The van der Waals surface area contributed by atoms with Crippen molar-refractivity contribution in [3.63, 3.8) is 0 Å². The van der Waals surface area contributed by atoms with Crippen LogP contribution in [0.3, 0.4) is 0 Å². The molecule has 1 aliphatic rings. The Labute approximate surface area is 156 Å². The number of imide groups is 1. The molecule has 0 unspecified atom stereocenters. The molecule has 3 aromatic rings. The lowest BCUT2D eigenvalue weighted by Gasteiger charge is -2.07. The van der Waals surface area contributed by atoms with Crippen LogP contribution in [0.2, 0.25) is 0 Å². The Morgan fingerprint density at radius 2 is 1.72 bits per heavy atom. The monoisotopic (exact) mass is 388 g/mol. The summed E-state index contributed by atoms with van der Waals surface area (Å²) >= 11 is 8.06. The number of amides is 2. The van der Waals surface area contributed by atoms with E-state index >= 15 is 0 Å². The van der Waals surface area contributed by atoms with Crippen LogP contribution in [0.4, 0.5) is 5.13 Å². The zero-order valence-electron chi connectivity index (χ0n) is 13.3. The molecule has 1 aliphatic heterocycles. The highest BCUT2D eigenvalue weighted by molar-refractivity contribution is 7.73. The number of carbonyl (C=O) groups excluding carboxylic acids is 2. The van der Waals surface area contributed by atoms with Gasteiger partial charge in [0, 0.05) is 12.2 Å². The Balaban J connectivity index is 1.75. The second kappa shape index (κ2) is 5.94. The maximum Gasteiger partial charge on any atom is 0.268 e. The topological polar surface area (TPSA) is 68.1 Å². The Morgan fingerprint density at radius 3 is 2.28 bits per heavy atom. The molecule has 0 fully saturated rings. The van der Waals surface area contributed by atoms with Crippen LogP contribution in [-0.4, -0.2) is 26.6 Å². The molecule has 0 N–H and O–H groups in total. The quantitative estimate of drug-likeness (QED) is 0.502. The molecular weight excluding hydrogens is 376 g/mol. The van der Waals surface area contributed by atoms with Gasteiger partial charge in [0.1, 0.15) is 0 Å². The molecule has 0 aliphatic carbocycles. The average Bonchev–Trinajstić information content (AvgIpc) is 3.25. The van der Waals surface area contributed by atoms with Crippen molar-refractivity contribution in [1.82, 2.24) is 14.8 Å². The van der Waals surface area contributed by atoms with E-state index in [-0.39, 0.29) is 16.9 Å². The first kappa shape index (κ1) is 16.2. The first-order chi connectivity index (χ1) is 12.0. The molecule has 0 spiro atoms. The van der Waals surface area contributed by atoms with Gasteiger partial charge in [0.15, 0.2) is 8.96 Å². The number of aromatic nitrogens is 3. The number of hydrogen-bond donors (Lipinski definition) is 0. The summed E-state index contributed by atoms with van der Waals surface area (Å²) in [4.78, 5) is 27.1. The number of rotatable bonds is 3. The number of carbonyl (C=O) groups is 2. The van der Waals surface area contributed by atoms with Crippen LogP contribution < -0.4 is 4.90 Å². The van der Waals surface area contributed by atoms with E-state index in [9.17, 15) is 9.59 Å². The van der Waals surface area contributed by atoms with Crippen molar-refractivity contribution in [2.75, 3.05) is 4.90 Å². The summed E-state index contributed by atoms with van der Waals surface area (Å²) in [6.45, 7) is 4.79. The van der Waals surface area contributed by atoms with Crippen molar-refractivity contribution in [2.24, 2.45) is 0 Å². The summed E-state index contributed by atoms with van der Waals surface area (Å²) in [5.41, 5.74) is 1.81. The largest absolute Gasteiger partial charge is 0.327 e. The lowest BCUT2D eigenvalue weighted by Crippen LogP contribution is -2.29. The van der Waals surface area contributed by atoms with Crippen LogP contribution in [0.25, 0.3) is 9.88 Å². The molecule has 0 bridgehead atoms. The number of anilines is 1. The second-order valence-electron chi connectivity index (χ2n) is 5.41. The minimum Gasteiger partial charge on any atom is -0.327 e. The third-order valence-electron chi connectivity index (χ3n) is 4.05. The summed E-state index contributed by atoms with van der Waals surface area (Å²) in [5.74, 6) is -0.724. The molecule has 25 heavy (non-hydrogen) atoms. The zero-order chi connectivity index (χ0) is 17.7. The Morgan fingerprint density at radius 1 is 1.08 bits per heavy atom. The minimum atomic E-state index is -0.362. The van der Waals surface area contributed by atoms with Gasteiger partial charge < -0.3 is 4.57 Å². The van der Waals surface area contributed by atoms with Crippen molar-refractivity contribution in [3.8, 4) is 9.88 Å². The second-order valence-corrected chi connectivity index (χ2v) is 8.01. The van der Waals surface area contributed by atoms with Crippen LogP contribution >= 0.6 is 34.9 Å². The van der Waals surface area contributed by atoms with Crippen molar-refractivity contribution < 1.29 is 9.59 Å². The predicted molar refractivity (Wildman–Crippen MR) is 100 cm³/mol. The maximum atomic E-state index is 12.6. The van der Waals surface area contributed by atoms with Gasteiger partial charge in [-0.05, 0) is 38.2 Å². The van der Waals surface area contributed by atoms with Gasteiger partial charge in [0.05, 0.1) is 16.0 Å². The first-order valence-electron chi connectivity index (χ1n) is 7.54. The third-order valence-corrected chi connectivity index (χ3v) is 6.67. The SMILES string of the molecule is CCn1c(C)c(-c2nnc(N3C(=O)c4ccccc4C3=O)s2)sc1=S. The molecule has 3 heterocycles. The Hall–Kier alpha value is -2.23. The van der Waals surface area contributed by atoms with E-state index in [1.165, 1.54) is 22.7 Å². The number of thiazole rings is 1. The molecule has 2 amide bonds. The molecule has 126 valence electrons. The zero-order valence-corrected chi connectivity index (χ0v) is 15.8. The molecule has 1 aromatic carbocycles. The predicted octanol–water partition coefficient (Wildman–Crippen LogP) is 3.93. The summed E-state index contributed by atoms with van der Waals surface area (Å²) in [7, 11) is 0. The molecule has 2 aromatic heterocycles. The van der Waals surface area contributed by atoms with Gasteiger partial charge in [-0.3, -0.25) is 9.59 Å². The van der Waals surface area contributed by atoms with Gasteiger partial charge in [-0.1, -0.05) is 23.5 Å². The Bertz CT molecular complexity index is 1040. The maximum absolute atomic E-state index is 12.6. The van der Waals surface area contributed by atoms with E-state index in [0.29, 0.717) is 16.1 Å². The summed E-state index contributed by atoms with van der Waals surface area (Å²) in [6.07, 6.45) is 0. The average molecular weight is 388 g/mol. The molecular formula is C16H12N4O2S3. The highest BCUT2D eigenvalue weighted by atomic mass is 32.1. The van der Waals surface area contributed by atoms with E-state index in [1.807, 2.05) is 18.4 Å². The summed E-state index contributed by atoms with van der Waals surface area (Å²) in [5, 5.41) is 9.21. The first-order valence-corrected chi connectivity index (χ1v) is 9.59. The van der Waals surface area contributed by atoms with Crippen LogP contribution in [-0.2, 0) is 6.54 Å². The van der Waals surface area contributed by atoms with Crippen LogP contribution in [0.5, 0.6) is 0 Å².